The summed E-state index contributed by atoms with van der Waals surface area (Å²) in [5, 5.41) is 0. The number of nitrogens with two attached hydrogens (primary N) is 1. The first-order chi connectivity index (χ1) is 5.04. The second-order valence-electron chi connectivity index (χ2n) is 3.01. The Kier molecular flexibility index (Phi) is 4.11. The fraction of sp³-hybridized carbons (Fsp3) is 0.875. The van der Waals surface area contributed by atoms with Gasteiger partial charge in [-0.3, -0.25) is 4.79 Å². The van der Waals surface area contributed by atoms with Gasteiger partial charge in [0.1, 0.15) is 5.54 Å². The van der Waals surface area contributed by atoms with Crippen LogP contribution in [-0.4, -0.2) is 18.6 Å². The Labute approximate surface area is 67.9 Å². The van der Waals surface area contributed by atoms with Gasteiger partial charge >= 0.3 is 5.97 Å². The van der Waals surface area contributed by atoms with Crippen LogP contribution in [0.1, 0.15) is 33.1 Å². The van der Waals surface area contributed by atoms with Crippen LogP contribution < -0.4 is 5.73 Å². The Morgan fingerprint density at radius 2 is 2.18 bits per heavy atom. The smallest absolute Gasteiger partial charge is 0.325 e. The van der Waals surface area contributed by atoms with E-state index in [-0.39, 0.29) is 5.97 Å². The molecule has 1 atom stereocenters. The van der Waals surface area contributed by atoms with Crippen molar-refractivity contribution in [2.24, 2.45) is 5.73 Å². The van der Waals surface area contributed by atoms with Gasteiger partial charge in [-0.05, 0) is 13.3 Å². The maximum Gasteiger partial charge on any atom is 0.325 e. The van der Waals surface area contributed by atoms with Crippen molar-refractivity contribution in [2.75, 3.05) is 7.11 Å². The number of carbonyl (C=O) groups excluding carboxylic acids is 1. The van der Waals surface area contributed by atoms with Crippen molar-refractivity contribution in [3.8, 4) is 0 Å². The highest BCUT2D eigenvalue weighted by Crippen LogP contribution is 2.11. The number of hydrogen-bond donors (Lipinski definition) is 1. The molecule has 2 N–H and O–H groups in total. The Morgan fingerprint density at radius 3 is 2.55 bits per heavy atom. The number of rotatable bonds is 4. The summed E-state index contributed by atoms with van der Waals surface area (Å²) < 4.78 is 4.55. The molecule has 0 amide bonds. The molecule has 3 heteroatoms. The zero-order chi connectivity index (χ0) is 8.91. The molecule has 0 saturated heterocycles. The van der Waals surface area contributed by atoms with Crippen molar-refractivity contribution in [3.05, 3.63) is 0 Å². The molecule has 0 fully saturated rings. The molecule has 0 spiro atoms. The van der Waals surface area contributed by atoms with Crippen molar-refractivity contribution in [3.63, 3.8) is 0 Å². The molecule has 0 radical (unpaired) electrons. The maximum absolute atomic E-state index is 11.0. The van der Waals surface area contributed by atoms with Crippen LogP contribution in [-0.2, 0) is 9.53 Å². The van der Waals surface area contributed by atoms with E-state index in [1.165, 1.54) is 7.11 Å². The maximum atomic E-state index is 11.0. The van der Waals surface area contributed by atoms with Crippen LogP contribution in [0, 0.1) is 0 Å². The molecule has 0 bridgehead atoms. The van der Waals surface area contributed by atoms with Gasteiger partial charge in [0.25, 0.3) is 0 Å². The van der Waals surface area contributed by atoms with Crippen LogP contribution in [0.5, 0.6) is 0 Å². The molecule has 3 nitrogen and oxygen atoms in total. The normalized spacial score (nSPS) is 15.6. The summed E-state index contributed by atoms with van der Waals surface area (Å²) in [4.78, 5) is 11.0. The lowest BCUT2D eigenvalue weighted by molar-refractivity contribution is -0.146. The number of carbonyl (C=O) groups is 1. The quantitative estimate of drug-likeness (QED) is 0.624. The number of esters is 1. The first-order valence-electron chi connectivity index (χ1n) is 3.92. The third kappa shape index (κ3) is 3.37. The molecule has 0 saturated carbocycles. The summed E-state index contributed by atoms with van der Waals surface area (Å²) in [5.41, 5.74) is 4.88. The summed E-state index contributed by atoms with van der Waals surface area (Å²) in [6, 6.07) is 0. The lowest BCUT2D eigenvalue weighted by Gasteiger charge is -2.20. The summed E-state index contributed by atoms with van der Waals surface area (Å²) in [6.45, 7) is 3.77. The summed E-state index contributed by atoms with van der Waals surface area (Å²) >= 11 is 0. The Balaban J connectivity index is 3.88. The molecule has 0 aliphatic rings. The predicted molar refractivity (Wildman–Crippen MR) is 44.1 cm³/mol. The van der Waals surface area contributed by atoms with E-state index in [9.17, 15) is 4.79 Å². The zero-order valence-electron chi connectivity index (χ0n) is 7.52. The number of ether oxygens (including phenoxy) is 1. The van der Waals surface area contributed by atoms with E-state index in [1.807, 2.05) is 0 Å². The first-order valence-corrected chi connectivity index (χ1v) is 3.92. The molecular weight excluding hydrogens is 142 g/mol. The highest BCUT2D eigenvalue weighted by atomic mass is 16.5. The minimum atomic E-state index is -0.801. The fourth-order valence-electron chi connectivity index (χ4n) is 0.879. The third-order valence-corrected chi connectivity index (χ3v) is 1.70. The standard InChI is InChI=1S/C8H17NO2/c1-4-5-6-8(2,9)7(10)11-3/h4-6,9H2,1-3H3/t8-/m0/s1. The van der Waals surface area contributed by atoms with E-state index in [1.54, 1.807) is 6.92 Å². The molecule has 11 heavy (non-hydrogen) atoms. The number of unbranched alkanes of at least 4 members (excludes halogenated alkanes) is 1. The second kappa shape index (κ2) is 4.34. The van der Waals surface area contributed by atoms with Gasteiger partial charge in [-0.1, -0.05) is 19.8 Å². The molecule has 66 valence electrons. The highest BCUT2D eigenvalue weighted by Gasteiger charge is 2.28. The Morgan fingerprint density at radius 1 is 1.64 bits per heavy atom. The van der Waals surface area contributed by atoms with Gasteiger partial charge in [0.2, 0.25) is 0 Å². The minimum Gasteiger partial charge on any atom is -0.468 e. The number of hydrogen-bond acceptors (Lipinski definition) is 3. The van der Waals surface area contributed by atoms with Crippen molar-refractivity contribution < 1.29 is 9.53 Å². The van der Waals surface area contributed by atoms with Crippen molar-refractivity contribution >= 4 is 5.97 Å². The largest absolute Gasteiger partial charge is 0.468 e. The second-order valence-corrected chi connectivity index (χ2v) is 3.01. The predicted octanol–water partition coefficient (Wildman–Crippen LogP) is 1.07. The van der Waals surface area contributed by atoms with Crippen molar-refractivity contribution in [1.82, 2.24) is 0 Å². The van der Waals surface area contributed by atoms with Gasteiger partial charge in [-0.2, -0.15) is 0 Å². The van der Waals surface area contributed by atoms with Crippen molar-refractivity contribution in [1.29, 1.82) is 0 Å². The molecule has 0 aliphatic carbocycles. The van der Waals surface area contributed by atoms with Gasteiger partial charge in [-0.25, -0.2) is 0 Å². The van der Waals surface area contributed by atoms with Crippen LogP contribution >= 0.6 is 0 Å². The Bertz CT molecular complexity index is 132. The van der Waals surface area contributed by atoms with Gasteiger partial charge < -0.3 is 10.5 Å². The first kappa shape index (κ1) is 10.4. The average Bonchev–Trinajstić information content (AvgIpc) is 1.99. The monoisotopic (exact) mass is 159 g/mol. The average molecular weight is 159 g/mol. The molecule has 0 aromatic carbocycles. The molecule has 0 rings (SSSR count). The van der Waals surface area contributed by atoms with Gasteiger partial charge in [0.15, 0.2) is 0 Å². The molecular formula is C8H17NO2. The molecule has 0 aliphatic heterocycles. The SMILES string of the molecule is CCCC[C@](C)(N)C(=O)OC. The van der Waals surface area contributed by atoms with Gasteiger partial charge in [0.05, 0.1) is 7.11 Å². The van der Waals surface area contributed by atoms with E-state index in [0.717, 1.165) is 12.8 Å². The number of methoxy groups -OCH3 is 1. The van der Waals surface area contributed by atoms with Crippen LogP contribution in [0.4, 0.5) is 0 Å². The fourth-order valence-corrected chi connectivity index (χ4v) is 0.879. The van der Waals surface area contributed by atoms with Crippen LogP contribution in [0.3, 0.4) is 0 Å². The van der Waals surface area contributed by atoms with Crippen LogP contribution in [0.25, 0.3) is 0 Å². The van der Waals surface area contributed by atoms with E-state index in [0.29, 0.717) is 6.42 Å². The molecule has 0 unspecified atom stereocenters. The summed E-state index contributed by atoms with van der Waals surface area (Å²) in [5.74, 6) is -0.328. The van der Waals surface area contributed by atoms with Gasteiger partial charge in [0, 0.05) is 0 Å². The van der Waals surface area contributed by atoms with E-state index in [2.05, 4.69) is 11.7 Å². The van der Waals surface area contributed by atoms with Crippen LogP contribution in [0.2, 0.25) is 0 Å². The summed E-state index contributed by atoms with van der Waals surface area (Å²) in [7, 11) is 1.36. The van der Waals surface area contributed by atoms with E-state index in [4.69, 9.17) is 5.73 Å². The highest BCUT2D eigenvalue weighted by molar-refractivity contribution is 5.79. The minimum absolute atomic E-state index is 0.328. The lowest BCUT2D eigenvalue weighted by atomic mass is 9.97. The zero-order valence-corrected chi connectivity index (χ0v) is 7.52. The Hall–Kier alpha value is -0.570. The third-order valence-electron chi connectivity index (χ3n) is 1.70. The van der Waals surface area contributed by atoms with E-state index < -0.39 is 5.54 Å². The molecule has 0 heterocycles. The molecule has 0 aromatic heterocycles. The summed E-state index contributed by atoms with van der Waals surface area (Å²) in [6.07, 6.45) is 2.70. The molecule has 0 aromatic rings. The van der Waals surface area contributed by atoms with Crippen LogP contribution in [0.15, 0.2) is 0 Å². The van der Waals surface area contributed by atoms with Crippen molar-refractivity contribution in [2.45, 2.75) is 38.6 Å². The van der Waals surface area contributed by atoms with E-state index >= 15 is 0 Å². The topological polar surface area (TPSA) is 52.3 Å². The van der Waals surface area contributed by atoms with Gasteiger partial charge in [-0.15, -0.1) is 0 Å². The lowest BCUT2D eigenvalue weighted by Crippen LogP contribution is -2.45.